The van der Waals surface area contributed by atoms with Crippen LogP contribution in [0.25, 0.3) is 0 Å². The molecule has 3 aliphatic heterocycles. The molecule has 1 unspecified atom stereocenters. The Morgan fingerprint density at radius 3 is 2.51 bits per heavy atom. The molecule has 6 rings (SSSR count). The smallest absolute Gasteiger partial charge is 0.244 e. The summed E-state index contributed by atoms with van der Waals surface area (Å²) in [5.41, 5.74) is 0.415. The molecule has 4 heterocycles. The van der Waals surface area contributed by atoms with E-state index < -0.39 is 11.0 Å². The maximum Gasteiger partial charge on any atom is 0.244 e. The van der Waals surface area contributed by atoms with E-state index in [-0.39, 0.29) is 29.5 Å². The molecule has 1 saturated carbocycles. The van der Waals surface area contributed by atoms with Crippen molar-refractivity contribution in [2.75, 3.05) is 54.9 Å². The number of aromatic nitrogens is 2. The number of halogens is 1. The van der Waals surface area contributed by atoms with Crippen molar-refractivity contribution in [3.63, 3.8) is 0 Å². The van der Waals surface area contributed by atoms with Gasteiger partial charge in [0.1, 0.15) is 17.1 Å². The predicted molar refractivity (Wildman–Crippen MR) is 149 cm³/mol. The number of anilines is 4. The number of piperazine rings is 1. The van der Waals surface area contributed by atoms with Crippen LogP contribution in [0, 0.1) is 23.1 Å². The summed E-state index contributed by atoms with van der Waals surface area (Å²) in [6.45, 7) is 10.3. The van der Waals surface area contributed by atoms with E-state index in [1.54, 1.807) is 12.3 Å². The van der Waals surface area contributed by atoms with Crippen LogP contribution in [-0.4, -0.2) is 72.0 Å². The molecule has 1 spiro atoms. The number of fused-ring (bicyclic) bond motifs is 1. The summed E-state index contributed by atoms with van der Waals surface area (Å²) in [6, 6.07) is 5.11. The molecule has 1 aliphatic carbocycles. The summed E-state index contributed by atoms with van der Waals surface area (Å²) in [7, 11) is 2.07. The SMILES string of the molecule is CC(C)C1(N2C(=O)[C@@]3(CCNC3=O)Cc3cnc(Nc4ccc(N5CCN(C)CC5)c(F)c4)nc32)CC[C@H]1C. The minimum absolute atomic E-state index is 0.155. The van der Waals surface area contributed by atoms with Crippen molar-refractivity contribution in [2.24, 2.45) is 17.3 Å². The number of likely N-dealkylation sites (N-methyl/N-ethyl adjacent to an activating group) is 1. The van der Waals surface area contributed by atoms with Crippen LogP contribution >= 0.6 is 0 Å². The summed E-state index contributed by atoms with van der Waals surface area (Å²) in [5, 5.41) is 6.05. The summed E-state index contributed by atoms with van der Waals surface area (Å²) >= 11 is 0. The van der Waals surface area contributed by atoms with E-state index in [1.165, 1.54) is 6.07 Å². The molecule has 3 atom stereocenters. The maximum absolute atomic E-state index is 15.1. The Balaban J connectivity index is 1.34. The second kappa shape index (κ2) is 9.43. The lowest BCUT2D eigenvalue weighted by Gasteiger charge is -2.59. The van der Waals surface area contributed by atoms with Crippen LogP contribution in [0.15, 0.2) is 24.4 Å². The van der Waals surface area contributed by atoms with Gasteiger partial charge in [-0.3, -0.25) is 14.5 Å². The van der Waals surface area contributed by atoms with Gasteiger partial charge in [-0.15, -0.1) is 0 Å². The van der Waals surface area contributed by atoms with Gasteiger partial charge in [0.25, 0.3) is 0 Å². The average molecular weight is 536 g/mol. The molecule has 2 amide bonds. The highest BCUT2D eigenvalue weighted by molar-refractivity contribution is 6.15. The van der Waals surface area contributed by atoms with Crippen LogP contribution in [0.3, 0.4) is 0 Å². The Morgan fingerprint density at radius 1 is 1.15 bits per heavy atom. The number of amides is 2. The molecule has 0 bridgehead atoms. The number of benzene rings is 1. The fraction of sp³-hybridized carbons (Fsp3) is 0.586. The molecule has 2 saturated heterocycles. The normalized spacial score (nSPS) is 29.0. The van der Waals surface area contributed by atoms with Crippen molar-refractivity contribution >= 4 is 35.0 Å². The van der Waals surface area contributed by atoms with E-state index in [0.717, 1.165) is 44.6 Å². The number of hydrogen-bond acceptors (Lipinski definition) is 7. The fourth-order valence-corrected chi connectivity index (χ4v) is 7.11. The molecule has 10 heteroatoms. The molecule has 0 radical (unpaired) electrons. The minimum atomic E-state index is -1.11. The largest absolute Gasteiger partial charge is 0.367 e. The number of hydrogen-bond donors (Lipinski definition) is 2. The van der Waals surface area contributed by atoms with Crippen LogP contribution in [0.5, 0.6) is 0 Å². The zero-order chi connectivity index (χ0) is 27.5. The number of carbonyl (C=O) groups excluding carboxylic acids is 2. The molecule has 208 valence electrons. The van der Waals surface area contributed by atoms with Gasteiger partial charge in [-0.25, -0.2) is 9.37 Å². The minimum Gasteiger partial charge on any atom is -0.367 e. The highest BCUT2D eigenvalue weighted by atomic mass is 19.1. The van der Waals surface area contributed by atoms with Crippen molar-refractivity contribution in [1.82, 2.24) is 20.2 Å². The lowest BCUT2D eigenvalue weighted by Crippen LogP contribution is -2.69. The fourth-order valence-electron chi connectivity index (χ4n) is 7.11. The Labute approximate surface area is 229 Å². The molecule has 1 aromatic carbocycles. The highest BCUT2D eigenvalue weighted by Gasteiger charge is 2.62. The Kier molecular flexibility index (Phi) is 6.28. The Morgan fingerprint density at radius 2 is 1.92 bits per heavy atom. The van der Waals surface area contributed by atoms with Crippen molar-refractivity contribution in [3.8, 4) is 0 Å². The van der Waals surface area contributed by atoms with Gasteiger partial charge < -0.3 is 20.4 Å². The van der Waals surface area contributed by atoms with Gasteiger partial charge in [-0.2, -0.15) is 4.98 Å². The standard InChI is InChI=1S/C29H38FN7O2/c1-18(2)29(8-7-19(29)3)37-24-20(16-28(26(37)39)9-10-31-25(28)38)17-32-27(34-24)33-21-5-6-23(22(30)15-21)36-13-11-35(4)12-14-36/h5-6,15,17-19H,7-14,16H2,1-4H3,(H,31,38)(H,32,33,34)/t19-,28+,29?/m1/s1. The van der Waals surface area contributed by atoms with E-state index in [2.05, 4.69) is 53.2 Å². The van der Waals surface area contributed by atoms with Crippen molar-refractivity contribution in [3.05, 3.63) is 35.8 Å². The predicted octanol–water partition coefficient (Wildman–Crippen LogP) is 3.33. The van der Waals surface area contributed by atoms with Gasteiger partial charge in [0, 0.05) is 56.6 Å². The molecular weight excluding hydrogens is 497 g/mol. The van der Waals surface area contributed by atoms with Gasteiger partial charge in [0.15, 0.2) is 0 Å². The van der Waals surface area contributed by atoms with Gasteiger partial charge in [0.05, 0.1) is 11.2 Å². The van der Waals surface area contributed by atoms with Crippen LogP contribution in [0.1, 0.15) is 45.6 Å². The topological polar surface area (TPSA) is 93.7 Å². The van der Waals surface area contributed by atoms with E-state index >= 15 is 4.39 Å². The third-order valence-corrected chi connectivity index (χ3v) is 9.73. The Hall–Kier alpha value is -3.27. The summed E-state index contributed by atoms with van der Waals surface area (Å²) in [6.07, 6.45) is 4.37. The lowest BCUT2D eigenvalue weighted by atomic mass is 9.59. The van der Waals surface area contributed by atoms with Gasteiger partial charge in [-0.1, -0.05) is 20.8 Å². The average Bonchev–Trinajstić information content (AvgIpc) is 3.27. The first-order valence-electron chi connectivity index (χ1n) is 14.1. The first kappa shape index (κ1) is 26.0. The van der Waals surface area contributed by atoms with Gasteiger partial charge >= 0.3 is 0 Å². The van der Waals surface area contributed by atoms with E-state index in [0.29, 0.717) is 42.5 Å². The molecule has 3 fully saturated rings. The molecule has 2 N–H and O–H groups in total. The van der Waals surface area contributed by atoms with Crippen molar-refractivity contribution in [2.45, 2.75) is 52.0 Å². The van der Waals surface area contributed by atoms with Crippen LogP contribution < -0.4 is 20.4 Å². The zero-order valence-electron chi connectivity index (χ0n) is 23.3. The third kappa shape index (κ3) is 3.98. The molecule has 4 aliphatic rings. The molecule has 1 aromatic heterocycles. The second-order valence-corrected chi connectivity index (χ2v) is 12.1. The van der Waals surface area contributed by atoms with Crippen molar-refractivity contribution < 1.29 is 14.0 Å². The third-order valence-electron chi connectivity index (χ3n) is 9.73. The van der Waals surface area contributed by atoms with Crippen LogP contribution in [0.4, 0.5) is 27.5 Å². The Bertz CT molecular complexity index is 1300. The summed E-state index contributed by atoms with van der Waals surface area (Å²) < 4.78 is 15.1. The van der Waals surface area contributed by atoms with Crippen LogP contribution in [-0.2, 0) is 16.0 Å². The molecule has 39 heavy (non-hydrogen) atoms. The van der Waals surface area contributed by atoms with E-state index in [9.17, 15) is 9.59 Å². The molecular formula is C29H38FN7O2. The van der Waals surface area contributed by atoms with Gasteiger partial charge in [-0.05, 0) is 56.3 Å². The number of nitrogens with one attached hydrogen (secondary N) is 2. The number of carbonyl (C=O) groups is 2. The first-order chi connectivity index (χ1) is 18.7. The van der Waals surface area contributed by atoms with Crippen molar-refractivity contribution in [1.29, 1.82) is 0 Å². The quantitative estimate of drug-likeness (QED) is 0.568. The van der Waals surface area contributed by atoms with Gasteiger partial charge in [0.2, 0.25) is 17.8 Å². The summed E-state index contributed by atoms with van der Waals surface area (Å²) in [5.74, 6) is 0.672. The maximum atomic E-state index is 15.1. The highest BCUT2D eigenvalue weighted by Crippen LogP contribution is 2.54. The summed E-state index contributed by atoms with van der Waals surface area (Å²) in [4.78, 5) is 42.8. The van der Waals surface area contributed by atoms with E-state index in [4.69, 9.17) is 4.98 Å². The second-order valence-electron chi connectivity index (χ2n) is 12.1. The number of nitrogens with zero attached hydrogens (tertiary/aromatic N) is 5. The van der Waals surface area contributed by atoms with Crippen LogP contribution in [0.2, 0.25) is 0 Å². The zero-order valence-corrected chi connectivity index (χ0v) is 23.3. The molecule has 2 aromatic rings. The molecule has 9 nitrogen and oxygen atoms in total. The first-order valence-corrected chi connectivity index (χ1v) is 14.1. The van der Waals surface area contributed by atoms with E-state index in [1.807, 2.05) is 11.0 Å². The lowest BCUT2D eigenvalue weighted by molar-refractivity contribution is -0.142. The monoisotopic (exact) mass is 535 g/mol. The number of rotatable bonds is 5.